The molecule has 0 aliphatic carbocycles. The van der Waals surface area contributed by atoms with Gasteiger partial charge in [0.25, 0.3) is 0 Å². The second kappa shape index (κ2) is 7.88. The summed E-state index contributed by atoms with van der Waals surface area (Å²) in [6.07, 6.45) is 2.83. The molecule has 3 rings (SSSR count). The lowest BCUT2D eigenvalue weighted by Crippen LogP contribution is -2.03. The van der Waals surface area contributed by atoms with E-state index in [1.165, 1.54) is 12.1 Å². The number of unbranched alkanes of at least 4 members (excludes halogenated alkanes) is 2. The van der Waals surface area contributed by atoms with Gasteiger partial charge in [0.2, 0.25) is 0 Å². The Balaban J connectivity index is 1.89. The van der Waals surface area contributed by atoms with Gasteiger partial charge in [-0.25, -0.2) is 9.37 Å². The van der Waals surface area contributed by atoms with Gasteiger partial charge in [0.15, 0.2) is 0 Å². The summed E-state index contributed by atoms with van der Waals surface area (Å²) in [6, 6.07) is 16.4. The van der Waals surface area contributed by atoms with Crippen LogP contribution in [0.25, 0.3) is 22.2 Å². The van der Waals surface area contributed by atoms with Crippen molar-refractivity contribution in [1.82, 2.24) is 4.98 Å². The summed E-state index contributed by atoms with van der Waals surface area (Å²) in [5.41, 5.74) is 3.66. The number of aliphatic hydroxyl groups excluding tert-OH is 1. The minimum absolute atomic E-state index is 0.243. The van der Waals surface area contributed by atoms with Crippen molar-refractivity contribution in [1.29, 1.82) is 0 Å². The van der Waals surface area contributed by atoms with Crippen LogP contribution in [0, 0.1) is 5.82 Å². The molecule has 0 amide bonds. The van der Waals surface area contributed by atoms with Crippen LogP contribution in [0.4, 0.5) is 10.1 Å². The van der Waals surface area contributed by atoms with Crippen molar-refractivity contribution in [2.75, 3.05) is 18.5 Å². The molecule has 0 aliphatic heterocycles. The Morgan fingerprint density at radius 3 is 2.54 bits per heavy atom. The van der Waals surface area contributed by atoms with Crippen LogP contribution in [0.15, 0.2) is 54.6 Å². The van der Waals surface area contributed by atoms with Crippen molar-refractivity contribution in [3.63, 3.8) is 0 Å². The van der Waals surface area contributed by atoms with E-state index >= 15 is 0 Å². The number of hydrogen-bond donors (Lipinski definition) is 2. The molecule has 0 saturated heterocycles. The van der Waals surface area contributed by atoms with Gasteiger partial charge in [-0.05, 0) is 55.7 Å². The molecule has 0 radical (unpaired) electrons. The number of aromatic nitrogens is 1. The van der Waals surface area contributed by atoms with Crippen molar-refractivity contribution in [2.24, 2.45) is 0 Å². The van der Waals surface area contributed by atoms with Crippen LogP contribution in [0.3, 0.4) is 0 Å². The van der Waals surface area contributed by atoms with Crippen molar-refractivity contribution >= 4 is 16.6 Å². The molecule has 0 aliphatic rings. The number of nitrogens with one attached hydrogen (secondary N) is 1. The second-order valence-electron chi connectivity index (χ2n) is 5.79. The number of fused-ring (bicyclic) bond motifs is 1. The monoisotopic (exact) mass is 324 g/mol. The summed E-state index contributed by atoms with van der Waals surface area (Å²) < 4.78 is 13.2. The third kappa shape index (κ3) is 3.89. The van der Waals surface area contributed by atoms with Crippen molar-refractivity contribution in [2.45, 2.75) is 19.3 Å². The molecule has 0 atom stereocenters. The van der Waals surface area contributed by atoms with E-state index in [2.05, 4.69) is 5.32 Å². The Hall–Kier alpha value is -2.46. The summed E-state index contributed by atoms with van der Waals surface area (Å²) in [7, 11) is 0. The van der Waals surface area contributed by atoms with Gasteiger partial charge in [-0.1, -0.05) is 18.2 Å². The molecule has 0 saturated carbocycles. The van der Waals surface area contributed by atoms with Gasteiger partial charge in [-0.3, -0.25) is 0 Å². The van der Waals surface area contributed by atoms with Crippen LogP contribution in [0.5, 0.6) is 0 Å². The van der Waals surface area contributed by atoms with Crippen LogP contribution in [-0.4, -0.2) is 23.2 Å². The maximum atomic E-state index is 13.2. The second-order valence-corrected chi connectivity index (χ2v) is 5.79. The minimum Gasteiger partial charge on any atom is -0.396 e. The average molecular weight is 324 g/mol. The van der Waals surface area contributed by atoms with E-state index in [-0.39, 0.29) is 12.4 Å². The molecule has 1 aromatic heterocycles. The summed E-state index contributed by atoms with van der Waals surface area (Å²) in [6.45, 7) is 1.09. The molecule has 3 nitrogen and oxygen atoms in total. The molecule has 2 N–H and O–H groups in total. The first-order chi connectivity index (χ1) is 11.8. The fourth-order valence-electron chi connectivity index (χ4n) is 2.73. The molecule has 24 heavy (non-hydrogen) atoms. The average Bonchev–Trinajstić information content (AvgIpc) is 2.62. The zero-order chi connectivity index (χ0) is 16.8. The van der Waals surface area contributed by atoms with Gasteiger partial charge < -0.3 is 10.4 Å². The molecule has 0 fully saturated rings. The Morgan fingerprint density at radius 1 is 0.958 bits per heavy atom. The Morgan fingerprint density at radius 2 is 1.75 bits per heavy atom. The number of para-hydroxylation sites is 1. The molecule has 1 heterocycles. The normalized spacial score (nSPS) is 10.9. The Labute approximate surface area is 141 Å². The fraction of sp³-hybridized carbons (Fsp3) is 0.250. The summed E-state index contributed by atoms with van der Waals surface area (Å²) >= 11 is 0. The lowest BCUT2D eigenvalue weighted by molar-refractivity contribution is 0.283. The van der Waals surface area contributed by atoms with E-state index in [1.54, 1.807) is 12.1 Å². The van der Waals surface area contributed by atoms with Gasteiger partial charge >= 0.3 is 0 Å². The highest BCUT2D eigenvalue weighted by Gasteiger charge is 2.07. The first-order valence-corrected chi connectivity index (χ1v) is 8.28. The van der Waals surface area contributed by atoms with Gasteiger partial charge in [-0.15, -0.1) is 0 Å². The number of hydrogen-bond acceptors (Lipinski definition) is 3. The number of rotatable bonds is 7. The molecule has 4 heteroatoms. The van der Waals surface area contributed by atoms with Crippen LogP contribution in [0.2, 0.25) is 0 Å². The largest absolute Gasteiger partial charge is 0.396 e. The highest BCUT2D eigenvalue weighted by atomic mass is 19.1. The lowest BCUT2D eigenvalue weighted by Gasteiger charge is -2.12. The van der Waals surface area contributed by atoms with Gasteiger partial charge in [0.1, 0.15) is 5.82 Å². The maximum absolute atomic E-state index is 13.2. The topological polar surface area (TPSA) is 45.1 Å². The van der Waals surface area contributed by atoms with Gasteiger partial charge in [0, 0.05) is 29.8 Å². The number of pyridine rings is 1. The number of benzene rings is 2. The third-order valence-electron chi connectivity index (χ3n) is 4.01. The Kier molecular flexibility index (Phi) is 5.39. The van der Waals surface area contributed by atoms with Crippen molar-refractivity contribution in [3.05, 3.63) is 60.4 Å². The molecule has 124 valence electrons. The predicted molar refractivity (Wildman–Crippen MR) is 96.6 cm³/mol. The van der Waals surface area contributed by atoms with Crippen molar-refractivity contribution in [3.8, 4) is 11.3 Å². The standard InChI is InChI=1S/C20H21FN2O/c21-16-10-8-15(9-11-16)19-14-20(22-12-4-1-5-13-24)17-6-2-3-7-18(17)23-19/h2-3,6-11,14,24H,1,4-5,12-13H2,(H,22,23). The van der Waals surface area contributed by atoms with Crippen LogP contribution < -0.4 is 5.32 Å². The number of nitrogens with zero attached hydrogens (tertiary/aromatic N) is 1. The number of aliphatic hydroxyl groups is 1. The van der Waals surface area contributed by atoms with Crippen LogP contribution >= 0.6 is 0 Å². The third-order valence-corrected chi connectivity index (χ3v) is 4.01. The van der Waals surface area contributed by atoms with E-state index in [0.29, 0.717) is 0 Å². The predicted octanol–water partition coefficient (Wildman–Crippen LogP) is 4.62. The van der Waals surface area contributed by atoms with E-state index in [4.69, 9.17) is 10.1 Å². The van der Waals surface area contributed by atoms with E-state index in [1.807, 2.05) is 30.3 Å². The summed E-state index contributed by atoms with van der Waals surface area (Å²) in [4.78, 5) is 4.70. The number of halogens is 1. The quantitative estimate of drug-likeness (QED) is 0.624. The zero-order valence-corrected chi connectivity index (χ0v) is 13.5. The SMILES string of the molecule is OCCCCCNc1cc(-c2ccc(F)cc2)nc2ccccc12. The molecule has 2 aromatic carbocycles. The van der Waals surface area contributed by atoms with Crippen LogP contribution in [-0.2, 0) is 0 Å². The van der Waals surface area contributed by atoms with Gasteiger partial charge in [0.05, 0.1) is 11.2 Å². The van der Waals surface area contributed by atoms with E-state index in [0.717, 1.165) is 53.7 Å². The lowest BCUT2D eigenvalue weighted by atomic mass is 10.1. The van der Waals surface area contributed by atoms with Gasteiger partial charge in [-0.2, -0.15) is 0 Å². The molecule has 0 bridgehead atoms. The number of anilines is 1. The first-order valence-electron chi connectivity index (χ1n) is 8.28. The fourth-order valence-corrected chi connectivity index (χ4v) is 2.73. The molecule has 3 aromatic rings. The highest BCUT2D eigenvalue weighted by molar-refractivity contribution is 5.93. The highest BCUT2D eigenvalue weighted by Crippen LogP contribution is 2.28. The zero-order valence-electron chi connectivity index (χ0n) is 13.5. The Bertz CT molecular complexity index is 802. The smallest absolute Gasteiger partial charge is 0.123 e. The first kappa shape index (κ1) is 16.4. The molecular formula is C20H21FN2O. The summed E-state index contributed by atoms with van der Waals surface area (Å²) in [5, 5.41) is 13.4. The maximum Gasteiger partial charge on any atom is 0.123 e. The van der Waals surface area contributed by atoms with E-state index in [9.17, 15) is 4.39 Å². The van der Waals surface area contributed by atoms with E-state index < -0.39 is 0 Å². The molecular weight excluding hydrogens is 303 g/mol. The molecule has 0 spiro atoms. The minimum atomic E-state index is -0.248. The van der Waals surface area contributed by atoms with Crippen LogP contribution in [0.1, 0.15) is 19.3 Å². The summed E-state index contributed by atoms with van der Waals surface area (Å²) in [5.74, 6) is -0.248. The van der Waals surface area contributed by atoms with Crippen molar-refractivity contribution < 1.29 is 9.50 Å². The molecule has 0 unspecified atom stereocenters.